The van der Waals surface area contributed by atoms with E-state index in [1.807, 2.05) is 39.5 Å². The molecule has 43 heavy (non-hydrogen) atoms. The van der Waals surface area contributed by atoms with Crippen molar-refractivity contribution in [2.45, 2.75) is 155 Å². The number of nitrogens with two attached hydrogens (primary N) is 1. The zero-order valence-corrected chi connectivity index (χ0v) is 28.1. The molecule has 0 aromatic rings. The van der Waals surface area contributed by atoms with E-state index in [9.17, 15) is 19.2 Å². The van der Waals surface area contributed by atoms with Gasteiger partial charge in [-0.15, -0.1) is 0 Å². The van der Waals surface area contributed by atoms with E-state index in [1.54, 1.807) is 4.90 Å². The summed E-state index contributed by atoms with van der Waals surface area (Å²) in [6.07, 6.45) is 9.08. The van der Waals surface area contributed by atoms with Crippen LogP contribution in [0.1, 0.15) is 127 Å². The Hall–Kier alpha value is -2.30. The van der Waals surface area contributed by atoms with Crippen molar-refractivity contribution < 1.29 is 24.0 Å². The van der Waals surface area contributed by atoms with Crippen LogP contribution in [-0.4, -0.2) is 75.6 Å². The minimum atomic E-state index is -0.787. The molecule has 2 fully saturated rings. The molecule has 0 aromatic carbocycles. The second-order valence-electron chi connectivity index (χ2n) is 13.8. The van der Waals surface area contributed by atoms with E-state index < -0.39 is 23.5 Å². The Morgan fingerprint density at radius 1 is 1.02 bits per heavy atom. The number of unbranched alkanes of at least 4 members (excludes halogenated alkanes) is 1. The van der Waals surface area contributed by atoms with Gasteiger partial charge in [-0.3, -0.25) is 19.2 Å². The van der Waals surface area contributed by atoms with Gasteiger partial charge in [0.15, 0.2) is 5.78 Å². The topological polar surface area (TPSA) is 151 Å². The lowest BCUT2D eigenvalue weighted by molar-refractivity contribution is -0.142. The normalized spacial score (nSPS) is 19.4. The standard InChI is InChI=1S/C30H54N4O4S.CH3NO.CH4/c1-9-10-15-22(21(2)35)31-25(36)23-16-14-19-34(23)26(37)24(28(3,4)5)32-27(38)33-30(17-12-11-13-18-30)20-39-29(6,7)8;2-1-3;/h22-24H,9-20H2,1-8H3,(H,31,36)(H2,32,33,38);1H,(H2,2,3);1H4/t22?,23-,24?;;/m0../s1. The molecule has 1 saturated heterocycles. The summed E-state index contributed by atoms with van der Waals surface area (Å²) in [6.45, 7) is 16.4. The van der Waals surface area contributed by atoms with Crippen LogP contribution >= 0.6 is 11.8 Å². The molecule has 5 N–H and O–H groups in total. The van der Waals surface area contributed by atoms with Crippen LogP contribution in [0.4, 0.5) is 4.79 Å². The minimum Gasteiger partial charge on any atom is -0.372 e. The molecular formula is C32H61N5O5S. The third-order valence-electron chi connectivity index (χ3n) is 7.85. The summed E-state index contributed by atoms with van der Waals surface area (Å²) < 4.78 is 0.0930. The Labute approximate surface area is 265 Å². The van der Waals surface area contributed by atoms with Crippen LogP contribution in [0, 0.1) is 5.41 Å². The van der Waals surface area contributed by atoms with Crippen molar-refractivity contribution >= 4 is 41.8 Å². The zero-order valence-electron chi connectivity index (χ0n) is 27.3. The van der Waals surface area contributed by atoms with Crippen LogP contribution in [-0.2, 0) is 19.2 Å². The summed E-state index contributed by atoms with van der Waals surface area (Å²) >= 11 is 1.86. The Balaban J connectivity index is 0.00000422. The summed E-state index contributed by atoms with van der Waals surface area (Å²) in [5.74, 6) is 0.237. The quantitative estimate of drug-likeness (QED) is 0.239. The van der Waals surface area contributed by atoms with Gasteiger partial charge in [-0.25, -0.2) is 4.79 Å². The highest BCUT2D eigenvalue weighted by Crippen LogP contribution is 2.35. The smallest absolute Gasteiger partial charge is 0.315 e. The number of nitrogens with zero attached hydrogens (tertiary/aromatic N) is 1. The van der Waals surface area contributed by atoms with E-state index in [2.05, 4.69) is 42.5 Å². The molecule has 0 aromatic heterocycles. The number of urea groups is 1. The van der Waals surface area contributed by atoms with Crippen molar-refractivity contribution in [2.75, 3.05) is 12.3 Å². The van der Waals surface area contributed by atoms with Crippen molar-refractivity contribution in [2.24, 2.45) is 11.1 Å². The fourth-order valence-corrected chi connectivity index (χ4v) is 6.54. The van der Waals surface area contributed by atoms with E-state index >= 15 is 0 Å². The summed E-state index contributed by atoms with van der Waals surface area (Å²) in [6, 6.07) is -2.28. The van der Waals surface area contributed by atoms with Crippen LogP contribution in [0.25, 0.3) is 0 Å². The number of ketones is 1. The fourth-order valence-electron chi connectivity index (χ4n) is 5.47. The van der Waals surface area contributed by atoms with Gasteiger partial charge in [0.2, 0.25) is 18.2 Å². The minimum absolute atomic E-state index is 0. The lowest BCUT2D eigenvalue weighted by Crippen LogP contribution is -2.62. The summed E-state index contributed by atoms with van der Waals surface area (Å²) in [5.41, 5.74) is 3.32. The van der Waals surface area contributed by atoms with Crippen LogP contribution in [0.3, 0.4) is 0 Å². The highest BCUT2D eigenvalue weighted by Gasteiger charge is 2.43. The lowest BCUT2D eigenvalue weighted by atomic mass is 9.83. The third-order valence-corrected chi connectivity index (χ3v) is 9.41. The van der Waals surface area contributed by atoms with Gasteiger partial charge < -0.3 is 26.6 Å². The molecule has 2 unspecified atom stereocenters. The molecule has 5 amide bonds. The molecule has 10 nitrogen and oxygen atoms in total. The second-order valence-corrected chi connectivity index (χ2v) is 15.6. The molecule has 2 aliphatic rings. The average molecular weight is 628 g/mol. The number of carbonyl (C=O) groups is 5. The SMILES string of the molecule is C.CCCCC(NC(=O)[C@@H]1CCCN1C(=O)C(NC(=O)NC1(CSC(C)(C)C)CCCCC1)C(C)(C)C)C(C)=O.NC=O. The number of amides is 5. The Bertz CT molecular complexity index is 909. The first-order valence-electron chi connectivity index (χ1n) is 15.5. The number of carbonyl (C=O) groups excluding carboxylic acids is 5. The first kappa shape index (κ1) is 40.7. The molecule has 2 rings (SSSR count). The molecule has 0 bridgehead atoms. The highest BCUT2D eigenvalue weighted by molar-refractivity contribution is 8.00. The van der Waals surface area contributed by atoms with Crippen LogP contribution in [0.15, 0.2) is 0 Å². The largest absolute Gasteiger partial charge is 0.372 e. The predicted octanol–water partition coefficient (Wildman–Crippen LogP) is 4.93. The maximum absolute atomic E-state index is 13.9. The molecule has 0 radical (unpaired) electrons. The number of primary amides is 1. The van der Waals surface area contributed by atoms with E-state index in [0.717, 1.165) is 44.3 Å². The first-order chi connectivity index (χ1) is 19.5. The van der Waals surface area contributed by atoms with Crippen LogP contribution in [0.5, 0.6) is 0 Å². The number of hydrogen-bond acceptors (Lipinski definition) is 6. The first-order valence-corrected chi connectivity index (χ1v) is 16.5. The van der Waals surface area contributed by atoms with Gasteiger partial charge in [0.05, 0.1) is 11.6 Å². The van der Waals surface area contributed by atoms with Crippen molar-refractivity contribution in [3.05, 3.63) is 0 Å². The number of hydrogen-bond donors (Lipinski definition) is 4. The zero-order chi connectivity index (χ0) is 32.1. The summed E-state index contributed by atoms with van der Waals surface area (Å²) in [4.78, 5) is 62.9. The molecule has 11 heteroatoms. The van der Waals surface area contributed by atoms with E-state index in [4.69, 9.17) is 4.79 Å². The monoisotopic (exact) mass is 627 g/mol. The summed E-state index contributed by atoms with van der Waals surface area (Å²) in [7, 11) is 0. The Kier molecular flexibility index (Phi) is 17.5. The lowest BCUT2D eigenvalue weighted by Gasteiger charge is -2.41. The molecule has 250 valence electrons. The number of Topliss-reactive ketones (excluding diaryl/α,β-unsaturated/α-hetero) is 1. The van der Waals surface area contributed by atoms with Crippen LogP contribution in [0.2, 0.25) is 0 Å². The van der Waals surface area contributed by atoms with Gasteiger partial charge in [-0.05, 0) is 44.4 Å². The number of rotatable bonds is 11. The predicted molar refractivity (Wildman–Crippen MR) is 177 cm³/mol. The Morgan fingerprint density at radius 2 is 1.60 bits per heavy atom. The highest BCUT2D eigenvalue weighted by atomic mass is 32.2. The van der Waals surface area contributed by atoms with Crippen LogP contribution < -0.4 is 21.7 Å². The molecule has 1 aliphatic heterocycles. The van der Waals surface area contributed by atoms with E-state index in [1.165, 1.54) is 13.3 Å². The number of likely N-dealkylation sites (tertiary alicyclic amines) is 1. The van der Waals surface area contributed by atoms with E-state index in [-0.39, 0.29) is 47.8 Å². The van der Waals surface area contributed by atoms with Gasteiger partial charge in [0.25, 0.3) is 0 Å². The Morgan fingerprint density at radius 3 is 2.09 bits per heavy atom. The van der Waals surface area contributed by atoms with E-state index in [0.29, 0.717) is 25.8 Å². The van der Waals surface area contributed by atoms with Crippen molar-refractivity contribution in [1.82, 2.24) is 20.9 Å². The molecule has 0 spiro atoms. The molecule has 1 saturated carbocycles. The summed E-state index contributed by atoms with van der Waals surface area (Å²) in [5, 5.41) is 9.20. The van der Waals surface area contributed by atoms with Gasteiger partial charge in [-0.2, -0.15) is 11.8 Å². The van der Waals surface area contributed by atoms with Gasteiger partial charge in [-0.1, -0.05) is 88.0 Å². The number of nitrogens with one attached hydrogen (secondary N) is 3. The maximum atomic E-state index is 13.9. The number of thioether (sulfide) groups is 1. The molecular weight excluding hydrogens is 566 g/mol. The fraction of sp³-hybridized carbons (Fsp3) is 0.844. The third kappa shape index (κ3) is 13.9. The molecule has 1 aliphatic carbocycles. The van der Waals surface area contributed by atoms with Crippen molar-refractivity contribution in [3.63, 3.8) is 0 Å². The van der Waals surface area contributed by atoms with Gasteiger partial charge in [0.1, 0.15) is 12.1 Å². The second kappa shape index (κ2) is 18.5. The van der Waals surface area contributed by atoms with Crippen molar-refractivity contribution in [1.29, 1.82) is 0 Å². The van der Waals surface area contributed by atoms with Crippen molar-refractivity contribution in [3.8, 4) is 0 Å². The van der Waals surface area contributed by atoms with Gasteiger partial charge in [0, 0.05) is 17.0 Å². The van der Waals surface area contributed by atoms with Gasteiger partial charge >= 0.3 is 6.03 Å². The average Bonchev–Trinajstić information content (AvgIpc) is 3.38. The maximum Gasteiger partial charge on any atom is 0.315 e. The molecule has 1 heterocycles. The molecule has 3 atom stereocenters.